The lowest BCUT2D eigenvalue weighted by atomic mass is 9.78. The van der Waals surface area contributed by atoms with E-state index in [1.807, 2.05) is 12.3 Å². The van der Waals surface area contributed by atoms with Crippen LogP contribution in [0.5, 0.6) is 0 Å². The molecule has 1 heterocycles. The zero-order chi connectivity index (χ0) is 11.9. The summed E-state index contributed by atoms with van der Waals surface area (Å²) in [6.45, 7) is 3.40. The number of aromatic nitrogens is 1. The lowest BCUT2D eigenvalue weighted by molar-refractivity contribution is 0.219. The Balaban J connectivity index is 1.80. The fourth-order valence-electron chi connectivity index (χ4n) is 2.53. The van der Waals surface area contributed by atoms with Crippen molar-refractivity contribution in [2.75, 3.05) is 6.54 Å². The molecule has 2 rings (SSSR count). The molecular formula is C15H24N2. The van der Waals surface area contributed by atoms with Gasteiger partial charge in [-0.05, 0) is 56.7 Å². The van der Waals surface area contributed by atoms with Crippen LogP contribution in [0.2, 0.25) is 0 Å². The van der Waals surface area contributed by atoms with Crippen LogP contribution in [0, 0.1) is 5.92 Å². The van der Waals surface area contributed by atoms with Crippen LogP contribution in [0.1, 0.15) is 44.7 Å². The van der Waals surface area contributed by atoms with Crippen molar-refractivity contribution in [3.63, 3.8) is 0 Å². The molecule has 1 fully saturated rings. The summed E-state index contributed by atoms with van der Waals surface area (Å²) < 4.78 is 0. The van der Waals surface area contributed by atoms with Gasteiger partial charge in [0.15, 0.2) is 0 Å². The molecule has 0 spiro atoms. The van der Waals surface area contributed by atoms with Crippen LogP contribution < -0.4 is 5.32 Å². The number of nitrogens with zero attached hydrogens (tertiary/aromatic N) is 1. The van der Waals surface area contributed by atoms with Crippen LogP contribution in [0.25, 0.3) is 0 Å². The minimum Gasteiger partial charge on any atom is -0.314 e. The van der Waals surface area contributed by atoms with E-state index in [0.717, 1.165) is 18.9 Å². The van der Waals surface area contributed by atoms with E-state index in [2.05, 4.69) is 29.4 Å². The summed E-state index contributed by atoms with van der Waals surface area (Å²) in [5.74, 6) is 0.922. The zero-order valence-electron chi connectivity index (χ0n) is 10.9. The molecule has 0 aliphatic heterocycles. The Morgan fingerprint density at radius 3 is 2.88 bits per heavy atom. The Morgan fingerprint density at radius 1 is 1.41 bits per heavy atom. The summed E-state index contributed by atoms with van der Waals surface area (Å²) in [4.78, 5) is 4.41. The van der Waals surface area contributed by atoms with Crippen LogP contribution in [-0.4, -0.2) is 17.6 Å². The number of nitrogens with one attached hydrogen (secondary N) is 1. The maximum atomic E-state index is 4.41. The quantitative estimate of drug-likeness (QED) is 0.781. The van der Waals surface area contributed by atoms with E-state index >= 15 is 0 Å². The molecule has 1 N–H and O–H groups in total. The predicted octanol–water partition coefficient (Wildman–Crippen LogP) is 3.18. The highest BCUT2D eigenvalue weighted by atomic mass is 14.9. The average Bonchev–Trinajstić information content (AvgIpc) is 2.31. The Morgan fingerprint density at radius 2 is 2.29 bits per heavy atom. The lowest BCUT2D eigenvalue weighted by Gasteiger charge is -2.34. The molecular weight excluding hydrogens is 208 g/mol. The van der Waals surface area contributed by atoms with Crippen LogP contribution in [0.4, 0.5) is 0 Å². The number of aryl methyl sites for hydroxylation is 1. The Bertz CT molecular complexity index is 306. The zero-order valence-corrected chi connectivity index (χ0v) is 10.9. The standard InChI is InChI=1S/C15H24N2/c1-2-11-17-15(13-6-5-7-13)10-9-14-8-3-4-12-16-14/h3-4,8,12-13,15,17H,2,5-7,9-11H2,1H3. The minimum absolute atomic E-state index is 0.714. The second-order valence-corrected chi connectivity index (χ2v) is 5.11. The van der Waals surface area contributed by atoms with Gasteiger partial charge in [0.05, 0.1) is 0 Å². The van der Waals surface area contributed by atoms with E-state index in [4.69, 9.17) is 0 Å². The maximum Gasteiger partial charge on any atom is 0.0404 e. The van der Waals surface area contributed by atoms with E-state index in [1.54, 1.807) is 0 Å². The van der Waals surface area contributed by atoms with Gasteiger partial charge in [0.1, 0.15) is 0 Å². The molecule has 1 saturated carbocycles. The van der Waals surface area contributed by atoms with Gasteiger partial charge in [-0.1, -0.05) is 19.4 Å². The molecule has 0 saturated heterocycles. The number of hydrogen-bond donors (Lipinski definition) is 1. The molecule has 0 amide bonds. The monoisotopic (exact) mass is 232 g/mol. The van der Waals surface area contributed by atoms with Crippen molar-refractivity contribution in [1.29, 1.82) is 0 Å². The van der Waals surface area contributed by atoms with E-state index in [-0.39, 0.29) is 0 Å². The third-order valence-corrected chi connectivity index (χ3v) is 3.81. The maximum absolute atomic E-state index is 4.41. The smallest absolute Gasteiger partial charge is 0.0404 e. The van der Waals surface area contributed by atoms with Gasteiger partial charge in [-0.3, -0.25) is 4.98 Å². The minimum atomic E-state index is 0.714. The van der Waals surface area contributed by atoms with Crippen LogP contribution in [0.3, 0.4) is 0 Å². The molecule has 1 aromatic rings. The molecule has 1 aromatic heterocycles. The fourth-order valence-corrected chi connectivity index (χ4v) is 2.53. The van der Waals surface area contributed by atoms with Gasteiger partial charge in [0, 0.05) is 17.9 Å². The van der Waals surface area contributed by atoms with Gasteiger partial charge in [-0.2, -0.15) is 0 Å². The van der Waals surface area contributed by atoms with Crippen LogP contribution in [0.15, 0.2) is 24.4 Å². The molecule has 17 heavy (non-hydrogen) atoms. The van der Waals surface area contributed by atoms with Gasteiger partial charge >= 0.3 is 0 Å². The molecule has 0 radical (unpaired) electrons. The molecule has 1 aliphatic rings. The summed E-state index contributed by atoms with van der Waals surface area (Å²) in [6, 6.07) is 6.92. The van der Waals surface area contributed by atoms with Gasteiger partial charge in [-0.25, -0.2) is 0 Å². The third-order valence-electron chi connectivity index (χ3n) is 3.81. The highest BCUT2D eigenvalue weighted by Gasteiger charge is 2.26. The molecule has 2 nitrogen and oxygen atoms in total. The van der Waals surface area contributed by atoms with Gasteiger partial charge in [-0.15, -0.1) is 0 Å². The normalized spacial score (nSPS) is 17.7. The van der Waals surface area contributed by atoms with E-state index < -0.39 is 0 Å². The lowest BCUT2D eigenvalue weighted by Crippen LogP contribution is -2.40. The van der Waals surface area contributed by atoms with E-state index in [1.165, 1.54) is 37.8 Å². The first kappa shape index (κ1) is 12.6. The van der Waals surface area contributed by atoms with Crippen LogP contribution >= 0.6 is 0 Å². The van der Waals surface area contributed by atoms with Crippen molar-refractivity contribution in [1.82, 2.24) is 10.3 Å². The SMILES string of the molecule is CCCNC(CCc1ccccn1)C1CCC1. The Hall–Kier alpha value is -0.890. The molecule has 1 atom stereocenters. The van der Waals surface area contributed by atoms with E-state index in [9.17, 15) is 0 Å². The summed E-state index contributed by atoms with van der Waals surface area (Å²) in [7, 11) is 0. The van der Waals surface area contributed by atoms with Gasteiger partial charge < -0.3 is 5.32 Å². The van der Waals surface area contributed by atoms with Crippen molar-refractivity contribution in [2.45, 2.75) is 51.5 Å². The number of hydrogen-bond acceptors (Lipinski definition) is 2. The summed E-state index contributed by atoms with van der Waals surface area (Å²) in [5, 5.41) is 3.71. The first-order valence-electron chi connectivity index (χ1n) is 7.03. The largest absolute Gasteiger partial charge is 0.314 e. The first-order valence-corrected chi connectivity index (χ1v) is 7.03. The van der Waals surface area contributed by atoms with Gasteiger partial charge in [0.2, 0.25) is 0 Å². The van der Waals surface area contributed by atoms with Crippen molar-refractivity contribution in [3.05, 3.63) is 30.1 Å². The average molecular weight is 232 g/mol. The molecule has 0 aromatic carbocycles. The number of pyridine rings is 1. The van der Waals surface area contributed by atoms with Crippen molar-refractivity contribution in [3.8, 4) is 0 Å². The number of rotatable bonds is 7. The van der Waals surface area contributed by atoms with Crippen molar-refractivity contribution < 1.29 is 0 Å². The van der Waals surface area contributed by atoms with Crippen molar-refractivity contribution in [2.24, 2.45) is 5.92 Å². The van der Waals surface area contributed by atoms with Gasteiger partial charge in [0.25, 0.3) is 0 Å². The Kier molecular flexibility index (Phi) is 4.99. The summed E-state index contributed by atoms with van der Waals surface area (Å²) in [5.41, 5.74) is 1.23. The van der Waals surface area contributed by atoms with Crippen LogP contribution in [-0.2, 0) is 6.42 Å². The highest BCUT2D eigenvalue weighted by molar-refractivity contribution is 5.04. The van der Waals surface area contributed by atoms with Crippen molar-refractivity contribution >= 4 is 0 Å². The molecule has 0 bridgehead atoms. The second-order valence-electron chi connectivity index (χ2n) is 5.11. The summed E-state index contributed by atoms with van der Waals surface area (Å²) in [6.07, 6.45) is 9.74. The Labute approximate surface area is 105 Å². The third kappa shape index (κ3) is 3.81. The molecule has 2 heteroatoms. The molecule has 1 aliphatic carbocycles. The highest BCUT2D eigenvalue weighted by Crippen LogP contribution is 2.31. The summed E-state index contributed by atoms with van der Waals surface area (Å²) >= 11 is 0. The molecule has 94 valence electrons. The molecule has 1 unspecified atom stereocenters. The topological polar surface area (TPSA) is 24.9 Å². The predicted molar refractivity (Wildman–Crippen MR) is 72.0 cm³/mol. The van der Waals surface area contributed by atoms with E-state index in [0.29, 0.717) is 6.04 Å². The fraction of sp³-hybridized carbons (Fsp3) is 0.667. The first-order chi connectivity index (χ1) is 8.40. The second kappa shape index (κ2) is 6.75.